The molecule has 6 nitrogen and oxygen atoms in total. The van der Waals surface area contributed by atoms with Gasteiger partial charge in [0.25, 0.3) is 0 Å². The predicted octanol–water partition coefficient (Wildman–Crippen LogP) is 6.14. The summed E-state index contributed by atoms with van der Waals surface area (Å²) in [6.07, 6.45) is -1.31. The topological polar surface area (TPSA) is 67.2 Å². The molecule has 7 rings (SSSR count). The number of aromatic nitrogens is 2. The number of alkyl halides is 3. The maximum absolute atomic E-state index is 13.5. The number of halogens is 3. The molecule has 0 unspecified atom stereocenters. The zero-order valence-electron chi connectivity index (χ0n) is 21.7. The molecule has 0 bridgehead atoms. The molecule has 9 heteroatoms. The van der Waals surface area contributed by atoms with E-state index in [0.717, 1.165) is 65.9 Å². The molecular weight excluding hydrogens is 517 g/mol. The molecule has 0 spiro atoms. The fraction of sp³-hybridized carbons (Fsp3) is 0.323. The van der Waals surface area contributed by atoms with Crippen LogP contribution in [0.1, 0.15) is 30.4 Å². The van der Waals surface area contributed by atoms with Gasteiger partial charge in [-0.1, -0.05) is 30.3 Å². The normalized spacial score (nSPS) is 18.8. The van der Waals surface area contributed by atoms with E-state index in [0.29, 0.717) is 36.4 Å². The highest BCUT2D eigenvalue weighted by Crippen LogP contribution is 2.36. The van der Waals surface area contributed by atoms with Crippen molar-refractivity contribution in [2.45, 2.75) is 38.4 Å². The lowest BCUT2D eigenvalue weighted by Gasteiger charge is -2.18. The number of nitrogens with one attached hydrogen (secondary N) is 1. The molecule has 1 atom stereocenters. The molecule has 2 aliphatic heterocycles. The molecule has 1 saturated heterocycles. The second-order valence-electron chi connectivity index (χ2n) is 11.1. The second-order valence-corrected chi connectivity index (χ2v) is 11.1. The van der Waals surface area contributed by atoms with Crippen molar-refractivity contribution in [3.05, 3.63) is 71.8 Å². The quantitative estimate of drug-likeness (QED) is 0.328. The van der Waals surface area contributed by atoms with Crippen LogP contribution in [-0.4, -0.2) is 39.4 Å². The van der Waals surface area contributed by atoms with Gasteiger partial charge in [-0.05, 0) is 72.2 Å². The minimum Gasteiger partial charge on any atom is -0.342 e. The molecule has 4 aromatic rings. The number of imidazole rings is 1. The molecular formula is C31H27F3N4O2. The van der Waals surface area contributed by atoms with E-state index in [1.807, 2.05) is 51.9 Å². The van der Waals surface area contributed by atoms with Gasteiger partial charge < -0.3 is 14.8 Å². The van der Waals surface area contributed by atoms with Gasteiger partial charge in [-0.25, -0.2) is 4.98 Å². The summed E-state index contributed by atoms with van der Waals surface area (Å²) in [6, 6.07) is 17.4. The first-order chi connectivity index (χ1) is 19.2. The van der Waals surface area contributed by atoms with Crippen LogP contribution in [0.2, 0.25) is 0 Å². The van der Waals surface area contributed by atoms with Crippen molar-refractivity contribution < 1.29 is 22.8 Å². The second kappa shape index (κ2) is 9.21. The SMILES string of the molecule is O=C1Cc2cc(-c3ccc(-c4nc5cc(C(F)(F)F)ccc5n4C[C@H]4CCN(C(=O)C5CC5)C4)cc3)ccc2N1. The first-order valence-corrected chi connectivity index (χ1v) is 13.6. The van der Waals surface area contributed by atoms with Crippen LogP contribution in [0.15, 0.2) is 60.7 Å². The van der Waals surface area contributed by atoms with E-state index in [1.54, 1.807) is 0 Å². The van der Waals surface area contributed by atoms with Crippen molar-refractivity contribution in [2.24, 2.45) is 11.8 Å². The van der Waals surface area contributed by atoms with E-state index in [9.17, 15) is 22.8 Å². The van der Waals surface area contributed by atoms with Crippen LogP contribution in [-0.2, 0) is 28.7 Å². The Morgan fingerprint density at radius 3 is 2.45 bits per heavy atom. The Morgan fingerprint density at radius 1 is 0.950 bits per heavy atom. The predicted molar refractivity (Wildman–Crippen MR) is 145 cm³/mol. The highest BCUT2D eigenvalue weighted by Gasteiger charge is 2.37. The number of amides is 2. The van der Waals surface area contributed by atoms with Crippen molar-refractivity contribution in [1.29, 1.82) is 0 Å². The third kappa shape index (κ3) is 4.53. The lowest BCUT2D eigenvalue weighted by Crippen LogP contribution is -2.30. The Labute approximate surface area is 228 Å². The van der Waals surface area contributed by atoms with Crippen molar-refractivity contribution in [1.82, 2.24) is 14.5 Å². The van der Waals surface area contributed by atoms with E-state index in [1.165, 1.54) is 6.07 Å². The summed E-state index contributed by atoms with van der Waals surface area (Å²) in [6.45, 7) is 1.94. The van der Waals surface area contributed by atoms with Gasteiger partial charge in [-0.3, -0.25) is 9.59 Å². The molecule has 40 heavy (non-hydrogen) atoms. The van der Waals surface area contributed by atoms with Crippen LogP contribution in [0.25, 0.3) is 33.5 Å². The summed E-state index contributed by atoms with van der Waals surface area (Å²) in [5, 5.41) is 2.84. The van der Waals surface area contributed by atoms with Gasteiger partial charge in [0.05, 0.1) is 23.0 Å². The Balaban J connectivity index is 1.22. The molecule has 0 radical (unpaired) electrons. The van der Waals surface area contributed by atoms with Gasteiger partial charge >= 0.3 is 6.18 Å². The van der Waals surface area contributed by atoms with Crippen LogP contribution >= 0.6 is 0 Å². The van der Waals surface area contributed by atoms with Gasteiger partial charge in [0.1, 0.15) is 5.82 Å². The molecule has 2 fully saturated rings. The van der Waals surface area contributed by atoms with Crippen molar-refractivity contribution in [2.75, 3.05) is 18.4 Å². The zero-order valence-corrected chi connectivity index (χ0v) is 21.7. The van der Waals surface area contributed by atoms with E-state index < -0.39 is 11.7 Å². The minimum atomic E-state index is -4.45. The standard InChI is InChI=1S/C31H27F3N4O2/c32-31(33,34)24-8-10-27-26(15-24)36-29(38(27)17-18-11-12-37(16-18)30(40)21-5-6-21)20-3-1-19(2-4-20)22-7-9-25-23(13-22)14-28(39)35-25/h1-4,7-10,13,15,18,21H,5-6,11-12,14,16-17H2,(H,35,39)/t18-/m0/s1. The molecule has 3 aromatic carbocycles. The van der Waals surface area contributed by atoms with E-state index in [4.69, 9.17) is 0 Å². The Hall–Kier alpha value is -4.14. The van der Waals surface area contributed by atoms with Gasteiger partial charge in [-0.2, -0.15) is 13.2 Å². The minimum absolute atomic E-state index is 0.0163. The number of hydrogen-bond acceptors (Lipinski definition) is 3. The van der Waals surface area contributed by atoms with Crippen LogP contribution in [0.3, 0.4) is 0 Å². The van der Waals surface area contributed by atoms with E-state index in [-0.39, 0.29) is 23.7 Å². The van der Waals surface area contributed by atoms with Gasteiger partial charge in [0, 0.05) is 36.8 Å². The highest BCUT2D eigenvalue weighted by molar-refractivity contribution is 5.99. The molecule has 3 aliphatic rings. The number of carbonyl (C=O) groups excluding carboxylic acids is 2. The number of anilines is 1. The monoisotopic (exact) mass is 544 g/mol. The summed E-state index contributed by atoms with van der Waals surface area (Å²) in [7, 11) is 0. The summed E-state index contributed by atoms with van der Waals surface area (Å²) >= 11 is 0. The fourth-order valence-electron chi connectivity index (χ4n) is 5.96. The van der Waals surface area contributed by atoms with Crippen LogP contribution < -0.4 is 5.32 Å². The maximum atomic E-state index is 13.5. The largest absolute Gasteiger partial charge is 0.416 e. The summed E-state index contributed by atoms with van der Waals surface area (Å²) in [5.74, 6) is 1.19. The first-order valence-electron chi connectivity index (χ1n) is 13.6. The van der Waals surface area contributed by atoms with Gasteiger partial charge in [0.15, 0.2) is 0 Å². The Bertz CT molecular complexity index is 1650. The molecule has 1 aliphatic carbocycles. The number of fused-ring (bicyclic) bond motifs is 2. The van der Waals surface area contributed by atoms with Crippen LogP contribution in [0.5, 0.6) is 0 Å². The Kier molecular flexibility index (Phi) is 5.73. The van der Waals surface area contributed by atoms with E-state index in [2.05, 4.69) is 10.3 Å². The summed E-state index contributed by atoms with van der Waals surface area (Å²) < 4.78 is 42.4. The Morgan fingerprint density at radius 2 is 1.70 bits per heavy atom. The highest BCUT2D eigenvalue weighted by atomic mass is 19.4. The van der Waals surface area contributed by atoms with Crippen molar-refractivity contribution in [3.63, 3.8) is 0 Å². The third-order valence-corrected chi connectivity index (χ3v) is 8.25. The zero-order chi connectivity index (χ0) is 27.6. The molecule has 3 heterocycles. The van der Waals surface area contributed by atoms with Crippen molar-refractivity contribution >= 4 is 28.5 Å². The number of rotatable bonds is 5. The number of likely N-dealkylation sites (tertiary alicyclic amines) is 1. The molecule has 1 aromatic heterocycles. The smallest absolute Gasteiger partial charge is 0.342 e. The number of benzene rings is 3. The van der Waals surface area contributed by atoms with Gasteiger partial charge in [-0.15, -0.1) is 0 Å². The molecule has 1 saturated carbocycles. The first kappa shape index (κ1) is 24.9. The van der Waals surface area contributed by atoms with E-state index >= 15 is 0 Å². The van der Waals surface area contributed by atoms with Gasteiger partial charge in [0.2, 0.25) is 11.8 Å². The number of carbonyl (C=O) groups is 2. The maximum Gasteiger partial charge on any atom is 0.416 e. The number of hydrogen-bond donors (Lipinski definition) is 1. The summed E-state index contributed by atoms with van der Waals surface area (Å²) in [5.41, 5.74) is 4.77. The van der Waals surface area contributed by atoms with Crippen molar-refractivity contribution in [3.8, 4) is 22.5 Å². The van der Waals surface area contributed by atoms with Crippen LogP contribution in [0.4, 0.5) is 18.9 Å². The fourth-order valence-corrected chi connectivity index (χ4v) is 5.96. The number of nitrogens with zero attached hydrogens (tertiary/aromatic N) is 3. The van der Waals surface area contributed by atoms with Crippen LogP contribution in [0, 0.1) is 11.8 Å². The molecule has 2 amide bonds. The lowest BCUT2D eigenvalue weighted by atomic mass is 10.0. The average molecular weight is 545 g/mol. The third-order valence-electron chi connectivity index (χ3n) is 8.25. The summed E-state index contributed by atoms with van der Waals surface area (Å²) in [4.78, 5) is 31.0. The molecule has 204 valence electrons. The lowest BCUT2D eigenvalue weighted by molar-refractivity contribution is -0.137. The average Bonchev–Trinajstić information content (AvgIpc) is 3.40. The molecule has 1 N–H and O–H groups in total.